The van der Waals surface area contributed by atoms with Crippen LogP contribution < -0.4 is 14.5 Å². The van der Waals surface area contributed by atoms with Crippen LogP contribution in [0.4, 0.5) is 0 Å². The summed E-state index contributed by atoms with van der Waals surface area (Å²) in [6.45, 7) is 4.80. The van der Waals surface area contributed by atoms with Crippen LogP contribution in [0.15, 0.2) is 59.7 Å². The highest BCUT2D eigenvalue weighted by Gasteiger charge is 2.35. The van der Waals surface area contributed by atoms with E-state index in [2.05, 4.69) is 19.2 Å². The molecule has 2 aromatic carbocycles. The van der Waals surface area contributed by atoms with E-state index in [1.807, 2.05) is 42.5 Å². The summed E-state index contributed by atoms with van der Waals surface area (Å²) >= 11 is 0. The molecule has 1 amide bonds. The molecular weight excluding hydrogens is 364 g/mol. The first-order valence-electron chi connectivity index (χ1n) is 10.4. The molecule has 6 nitrogen and oxygen atoms in total. The van der Waals surface area contributed by atoms with Gasteiger partial charge in [-0.15, -0.1) is 0 Å². The lowest BCUT2D eigenvalue weighted by atomic mass is 9.98. The van der Waals surface area contributed by atoms with Gasteiger partial charge in [0.2, 0.25) is 0 Å². The monoisotopic (exact) mass is 394 g/mol. The van der Waals surface area contributed by atoms with Crippen molar-refractivity contribution in [1.82, 2.24) is 5.01 Å². The van der Waals surface area contributed by atoms with Crippen LogP contribution in [0.3, 0.4) is 0 Å². The predicted octanol–water partition coefficient (Wildman–Crippen LogP) is -0.214. The molecule has 2 aromatic rings. The number of benzene rings is 2. The van der Waals surface area contributed by atoms with E-state index in [1.165, 1.54) is 4.90 Å². The highest BCUT2D eigenvalue weighted by atomic mass is 16.5. The first kappa shape index (κ1) is 19.6. The molecular formula is C23H30N4O2+2. The van der Waals surface area contributed by atoms with E-state index >= 15 is 0 Å². The van der Waals surface area contributed by atoms with Gasteiger partial charge in [-0.05, 0) is 23.3 Å². The van der Waals surface area contributed by atoms with E-state index < -0.39 is 0 Å². The molecule has 0 bridgehead atoms. The Balaban J connectivity index is 1.56. The highest BCUT2D eigenvalue weighted by molar-refractivity contribution is 6.03. The van der Waals surface area contributed by atoms with E-state index in [1.54, 1.807) is 17.0 Å². The first-order valence-corrected chi connectivity index (χ1v) is 10.4. The van der Waals surface area contributed by atoms with Gasteiger partial charge in [-0.1, -0.05) is 42.5 Å². The molecule has 6 heteroatoms. The normalized spacial score (nSPS) is 24.3. The molecule has 2 aliphatic rings. The second-order valence-electron chi connectivity index (χ2n) is 8.03. The second-order valence-corrected chi connectivity index (χ2v) is 8.03. The van der Waals surface area contributed by atoms with Crippen molar-refractivity contribution in [3.05, 3.63) is 65.7 Å². The van der Waals surface area contributed by atoms with E-state index in [9.17, 15) is 4.79 Å². The summed E-state index contributed by atoms with van der Waals surface area (Å²) in [5.41, 5.74) is 3.14. The number of nitrogens with one attached hydrogen (secondary N) is 2. The van der Waals surface area contributed by atoms with Gasteiger partial charge < -0.3 is 14.5 Å². The molecule has 152 valence electrons. The number of quaternary nitrogens is 2. The van der Waals surface area contributed by atoms with Gasteiger partial charge in [-0.2, -0.15) is 5.10 Å². The van der Waals surface area contributed by atoms with Crippen LogP contribution in [0.2, 0.25) is 0 Å². The summed E-state index contributed by atoms with van der Waals surface area (Å²) in [6, 6.07) is 18.1. The number of likely N-dealkylation sites (N-methyl/N-ethyl adjacent to an activating group) is 1. The Morgan fingerprint density at radius 3 is 2.41 bits per heavy atom. The summed E-state index contributed by atoms with van der Waals surface area (Å²) in [4.78, 5) is 16.1. The van der Waals surface area contributed by atoms with Crippen LogP contribution in [-0.4, -0.2) is 63.5 Å². The van der Waals surface area contributed by atoms with Gasteiger partial charge in [0.25, 0.3) is 5.91 Å². The van der Waals surface area contributed by atoms with Gasteiger partial charge >= 0.3 is 0 Å². The number of nitrogens with zero attached hydrogens (tertiary/aromatic N) is 2. The molecule has 0 radical (unpaired) electrons. The zero-order valence-corrected chi connectivity index (χ0v) is 17.2. The summed E-state index contributed by atoms with van der Waals surface area (Å²) in [6.07, 6.45) is 0.726. The lowest BCUT2D eigenvalue weighted by Gasteiger charge is -2.29. The van der Waals surface area contributed by atoms with E-state index in [-0.39, 0.29) is 11.9 Å². The third-order valence-corrected chi connectivity index (χ3v) is 5.99. The van der Waals surface area contributed by atoms with Crippen LogP contribution in [0.1, 0.15) is 23.6 Å². The smallest absolute Gasteiger partial charge is 0.298 e. The predicted molar refractivity (Wildman–Crippen MR) is 112 cm³/mol. The fourth-order valence-corrected chi connectivity index (χ4v) is 4.13. The molecule has 0 aromatic heterocycles. The number of methoxy groups -OCH3 is 1. The minimum absolute atomic E-state index is 0.0684. The zero-order valence-electron chi connectivity index (χ0n) is 17.2. The Bertz CT molecular complexity index is 858. The molecule has 1 atom stereocenters. The number of rotatable bonds is 5. The van der Waals surface area contributed by atoms with Gasteiger partial charge in [-0.3, -0.25) is 4.79 Å². The van der Waals surface area contributed by atoms with E-state index in [0.29, 0.717) is 6.54 Å². The summed E-state index contributed by atoms with van der Waals surface area (Å²) < 4.78 is 5.29. The van der Waals surface area contributed by atoms with E-state index in [4.69, 9.17) is 9.84 Å². The lowest BCUT2D eigenvalue weighted by molar-refractivity contribution is -1.000. The second kappa shape index (κ2) is 8.76. The number of carbonyl (C=O) groups is 1. The number of hydrogen-bond acceptors (Lipinski definition) is 3. The quantitative estimate of drug-likeness (QED) is 0.737. The van der Waals surface area contributed by atoms with Gasteiger partial charge in [0, 0.05) is 6.42 Å². The summed E-state index contributed by atoms with van der Waals surface area (Å²) in [5, 5.41) is 6.51. The third kappa shape index (κ3) is 4.49. The van der Waals surface area contributed by atoms with Crippen molar-refractivity contribution in [2.75, 3.05) is 46.9 Å². The standard InChI is InChI=1S/C23H28N4O2/c1-25-12-14-26(15-13-25)17-23(28)27-22(19-8-10-20(29-2)11-9-19)16-21(24-27)18-6-4-3-5-7-18/h3-11,22H,12-17H2,1-2H3/p+2/t22-/m1/s1. The molecule has 0 spiro atoms. The van der Waals surface area contributed by atoms with Crippen molar-refractivity contribution >= 4 is 11.6 Å². The van der Waals surface area contributed by atoms with Crippen molar-refractivity contribution in [2.45, 2.75) is 12.5 Å². The van der Waals surface area contributed by atoms with Gasteiger partial charge in [-0.25, -0.2) is 5.01 Å². The maximum Gasteiger partial charge on any atom is 0.298 e. The largest absolute Gasteiger partial charge is 0.497 e. The molecule has 4 rings (SSSR count). The van der Waals surface area contributed by atoms with Crippen molar-refractivity contribution < 1.29 is 19.3 Å². The minimum atomic E-state index is -0.0684. The number of ether oxygens (including phenoxy) is 1. The SMILES string of the molecule is COc1ccc([C@H]2CC(c3ccccc3)=NN2C(=O)C[NH+]2CC[NH+](C)CC2)cc1. The van der Waals surface area contributed by atoms with Crippen LogP contribution in [0.25, 0.3) is 0 Å². The van der Waals surface area contributed by atoms with E-state index in [0.717, 1.165) is 55.2 Å². The average molecular weight is 395 g/mol. The molecule has 29 heavy (non-hydrogen) atoms. The van der Waals surface area contributed by atoms with Crippen LogP contribution in [0.5, 0.6) is 5.75 Å². The fourth-order valence-electron chi connectivity index (χ4n) is 4.13. The Morgan fingerprint density at radius 1 is 1.07 bits per heavy atom. The molecule has 0 unspecified atom stereocenters. The number of hydrazone groups is 1. The van der Waals surface area contributed by atoms with Crippen LogP contribution in [0, 0.1) is 0 Å². The van der Waals surface area contributed by atoms with Crippen molar-refractivity contribution in [3.63, 3.8) is 0 Å². The highest BCUT2D eigenvalue weighted by Crippen LogP contribution is 2.33. The molecule has 2 aliphatic heterocycles. The van der Waals surface area contributed by atoms with Gasteiger partial charge in [0.05, 0.1) is 25.9 Å². The van der Waals surface area contributed by atoms with Crippen molar-refractivity contribution in [2.24, 2.45) is 5.10 Å². The van der Waals surface area contributed by atoms with Crippen molar-refractivity contribution in [1.29, 1.82) is 0 Å². The number of carbonyl (C=O) groups excluding carboxylic acids is 1. The fraction of sp³-hybridized carbons (Fsp3) is 0.391. The molecule has 1 saturated heterocycles. The average Bonchev–Trinajstić information content (AvgIpc) is 3.22. The van der Waals surface area contributed by atoms with Gasteiger partial charge in [0.15, 0.2) is 6.54 Å². The minimum Gasteiger partial charge on any atom is -0.497 e. The number of piperazine rings is 1. The molecule has 2 heterocycles. The maximum atomic E-state index is 13.2. The first-order chi connectivity index (χ1) is 14.1. The molecule has 2 N–H and O–H groups in total. The van der Waals surface area contributed by atoms with Crippen LogP contribution in [-0.2, 0) is 4.79 Å². The van der Waals surface area contributed by atoms with Crippen LogP contribution >= 0.6 is 0 Å². The summed E-state index contributed by atoms with van der Waals surface area (Å²) in [5.74, 6) is 0.921. The summed E-state index contributed by atoms with van der Waals surface area (Å²) in [7, 11) is 3.88. The third-order valence-electron chi connectivity index (χ3n) is 5.99. The Hall–Kier alpha value is -2.70. The Kier molecular flexibility index (Phi) is 5.92. The number of hydrogen-bond donors (Lipinski definition) is 2. The number of amides is 1. The Labute approximate surface area is 172 Å². The van der Waals surface area contributed by atoms with Gasteiger partial charge in [0.1, 0.15) is 31.9 Å². The lowest BCUT2D eigenvalue weighted by Crippen LogP contribution is -3.27. The molecule has 1 fully saturated rings. The zero-order chi connectivity index (χ0) is 20.2. The maximum absolute atomic E-state index is 13.2. The molecule has 0 saturated carbocycles. The molecule has 0 aliphatic carbocycles. The Morgan fingerprint density at radius 2 is 1.76 bits per heavy atom. The van der Waals surface area contributed by atoms with Crippen molar-refractivity contribution in [3.8, 4) is 5.75 Å². The topological polar surface area (TPSA) is 50.8 Å².